The summed E-state index contributed by atoms with van der Waals surface area (Å²) in [4.78, 5) is 5.20. The van der Waals surface area contributed by atoms with Crippen LogP contribution in [-0.2, 0) is 0 Å². The molecule has 12 rings (SSSR count). The maximum atomic E-state index is 6.97. The molecule has 0 bridgehead atoms. The largest absolute Gasteiger partial charge is 0.455 e. The van der Waals surface area contributed by atoms with Gasteiger partial charge in [-0.15, -0.1) is 0 Å². The Morgan fingerprint density at radius 3 is 1.96 bits per heavy atom. The number of pyridine rings is 1. The van der Waals surface area contributed by atoms with Gasteiger partial charge in [-0.3, -0.25) is 0 Å². The van der Waals surface area contributed by atoms with Gasteiger partial charge in [-0.25, -0.2) is 4.98 Å². The number of furan rings is 1. The molecule has 0 N–H and O–H groups in total. The molecule has 0 saturated heterocycles. The van der Waals surface area contributed by atoms with Crippen LogP contribution in [0.4, 0.5) is 0 Å². The summed E-state index contributed by atoms with van der Waals surface area (Å²) in [6.45, 7) is 0. The van der Waals surface area contributed by atoms with Gasteiger partial charge in [0.05, 0.1) is 22.2 Å². The van der Waals surface area contributed by atoms with Crippen molar-refractivity contribution in [3.63, 3.8) is 0 Å². The summed E-state index contributed by atoms with van der Waals surface area (Å²) in [6, 6.07) is 69.5. The summed E-state index contributed by atoms with van der Waals surface area (Å²) in [5, 5.41) is 10.5. The SMILES string of the molecule is c1ccc(-c2nc3ccccc3c3c2ccc2oc4c(-c5cc(-c6ccc7c8ccccc8n(-c8ccccc8)c7c6)cc6ccccc56)cccc4c23)cc1. The number of benzene rings is 9. The van der Waals surface area contributed by atoms with Crippen molar-refractivity contribution in [2.75, 3.05) is 0 Å². The second-order valence-corrected chi connectivity index (χ2v) is 14.7. The first kappa shape index (κ1) is 30.9. The molecule has 3 heterocycles. The highest BCUT2D eigenvalue weighted by Gasteiger charge is 2.21. The van der Waals surface area contributed by atoms with Crippen molar-refractivity contribution in [1.82, 2.24) is 9.55 Å². The molecule has 9 aromatic carbocycles. The monoisotopic (exact) mass is 712 g/mol. The van der Waals surface area contributed by atoms with Crippen molar-refractivity contribution in [2.45, 2.75) is 0 Å². The number of rotatable bonds is 4. The fourth-order valence-corrected chi connectivity index (χ4v) is 9.06. The van der Waals surface area contributed by atoms with Crippen molar-refractivity contribution >= 4 is 76.2 Å². The third kappa shape index (κ3) is 4.55. The molecule has 3 heteroatoms. The maximum absolute atomic E-state index is 6.97. The molecule has 0 saturated carbocycles. The highest BCUT2D eigenvalue weighted by Crippen LogP contribution is 2.45. The molecule has 0 fully saturated rings. The number of para-hydroxylation sites is 4. The summed E-state index contributed by atoms with van der Waals surface area (Å²) in [6.07, 6.45) is 0. The fourth-order valence-electron chi connectivity index (χ4n) is 9.06. The molecule has 3 nitrogen and oxygen atoms in total. The number of hydrogen-bond acceptors (Lipinski definition) is 2. The molecule has 0 atom stereocenters. The third-order valence-corrected chi connectivity index (χ3v) is 11.5. The van der Waals surface area contributed by atoms with E-state index in [2.05, 4.69) is 199 Å². The Morgan fingerprint density at radius 1 is 0.393 bits per heavy atom. The fraction of sp³-hybridized carbons (Fsp3) is 0. The number of fused-ring (bicyclic) bond motifs is 11. The summed E-state index contributed by atoms with van der Waals surface area (Å²) in [7, 11) is 0. The second kappa shape index (κ2) is 12.0. The number of hydrogen-bond donors (Lipinski definition) is 0. The minimum atomic E-state index is 0.870. The molecular weight excluding hydrogens is 681 g/mol. The smallest absolute Gasteiger partial charge is 0.143 e. The van der Waals surface area contributed by atoms with E-state index in [1.807, 2.05) is 0 Å². The van der Waals surface area contributed by atoms with Gasteiger partial charge in [-0.1, -0.05) is 140 Å². The lowest BCUT2D eigenvalue weighted by Gasteiger charge is -2.13. The zero-order valence-corrected chi connectivity index (χ0v) is 30.3. The number of aromatic nitrogens is 2. The lowest BCUT2D eigenvalue weighted by atomic mass is 9.91. The topological polar surface area (TPSA) is 31.0 Å². The molecule has 0 aliphatic heterocycles. The summed E-state index contributed by atoms with van der Waals surface area (Å²) < 4.78 is 9.35. The first-order valence-corrected chi connectivity index (χ1v) is 19.1. The van der Waals surface area contributed by atoms with Crippen LogP contribution in [0.1, 0.15) is 0 Å². The first-order chi connectivity index (χ1) is 27.8. The summed E-state index contributed by atoms with van der Waals surface area (Å²) >= 11 is 0. The zero-order chi connectivity index (χ0) is 36.7. The van der Waals surface area contributed by atoms with Crippen LogP contribution in [0.3, 0.4) is 0 Å². The van der Waals surface area contributed by atoms with Crippen molar-refractivity contribution in [3.05, 3.63) is 194 Å². The van der Waals surface area contributed by atoms with E-state index in [0.29, 0.717) is 0 Å². The van der Waals surface area contributed by atoms with Crippen LogP contribution < -0.4 is 0 Å². The standard InChI is InChI=1S/C53H32N2O/c1-3-14-33(15-4-1)52-43-28-29-49-51(50(43)42-21-9-11-24-46(42)54-52)44-23-13-22-41(53(44)56-49)45-31-36(30-35-16-7-8-19-38(35)45)34-26-27-40-39-20-10-12-25-47(39)55(48(40)32-34)37-17-5-2-6-18-37/h1-32H. The zero-order valence-electron chi connectivity index (χ0n) is 30.3. The molecular formula is C53H32N2O. The van der Waals surface area contributed by atoms with Crippen molar-refractivity contribution < 1.29 is 4.42 Å². The van der Waals surface area contributed by atoms with Crippen LogP contribution in [0.25, 0.3) is 115 Å². The summed E-state index contributed by atoms with van der Waals surface area (Å²) in [5.74, 6) is 0. The molecule has 0 aliphatic carbocycles. The van der Waals surface area contributed by atoms with Gasteiger partial charge in [0.1, 0.15) is 11.2 Å². The highest BCUT2D eigenvalue weighted by atomic mass is 16.3. The highest BCUT2D eigenvalue weighted by molar-refractivity contribution is 6.29. The molecule has 260 valence electrons. The van der Waals surface area contributed by atoms with Gasteiger partial charge in [0.15, 0.2) is 0 Å². The van der Waals surface area contributed by atoms with Gasteiger partial charge in [0.2, 0.25) is 0 Å². The van der Waals surface area contributed by atoms with Gasteiger partial charge >= 0.3 is 0 Å². The van der Waals surface area contributed by atoms with E-state index in [1.165, 1.54) is 43.5 Å². The average molecular weight is 713 g/mol. The normalized spacial score (nSPS) is 11.9. The number of nitrogens with zero attached hydrogens (tertiary/aromatic N) is 2. The van der Waals surface area contributed by atoms with Gasteiger partial charge in [-0.2, -0.15) is 0 Å². The molecule has 12 aromatic rings. The predicted octanol–water partition coefficient (Wildman–Crippen LogP) is 14.5. The minimum absolute atomic E-state index is 0.870. The van der Waals surface area contributed by atoms with Gasteiger partial charge in [0.25, 0.3) is 0 Å². The Kier molecular flexibility index (Phi) is 6.63. The van der Waals surface area contributed by atoms with Crippen LogP contribution in [0.15, 0.2) is 199 Å². The quantitative estimate of drug-likeness (QED) is 0.170. The van der Waals surface area contributed by atoms with Crippen molar-refractivity contribution in [3.8, 4) is 39.2 Å². The van der Waals surface area contributed by atoms with Crippen LogP contribution >= 0.6 is 0 Å². The van der Waals surface area contributed by atoms with Crippen molar-refractivity contribution in [2.24, 2.45) is 0 Å². The summed E-state index contributed by atoms with van der Waals surface area (Å²) in [5.41, 5.74) is 12.9. The minimum Gasteiger partial charge on any atom is -0.455 e. The van der Waals surface area contributed by atoms with Crippen LogP contribution in [0, 0.1) is 0 Å². The molecule has 0 radical (unpaired) electrons. The van der Waals surface area contributed by atoms with E-state index in [9.17, 15) is 0 Å². The Balaban J connectivity index is 1.12. The van der Waals surface area contributed by atoms with Gasteiger partial charge in [0, 0.05) is 54.5 Å². The Labute approximate surface area is 322 Å². The molecule has 0 unspecified atom stereocenters. The Hall–Kier alpha value is -7.49. The maximum Gasteiger partial charge on any atom is 0.143 e. The second-order valence-electron chi connectivity index (χ2n) is 14.7. The van der Waals surface area contributed by atoms with Crippen molar-refractivity contribution in [1.29, 1.82) is 0 Å². The molecule has 0 spiro atoms. The Morgan fingerprint density at radius 2 is 1.09 bits per heavy atom. The lowest BCUT2D eigenvalue weighted by Crippen LogP contribution is -1.93. The molecule has 3 aromatic heterocycles. The van der Waals surface area contributed by atoms with E-state index >= 15 is 0 Å². The molecule has 56 heavy (non-hydrogen) atoms. The van der Waals surface area contributed by atoms with E-state index in [0.717, 1.165) is 71.9 Å². The van der Waals surface area contributed by atoms with Crippen LogP contribution in [0.5, 0.6) is 0 Å². The van der Waals surface area contributed by atoms with Crippen LogP contribution in [0.2, 0.25) is 0 Å². The van der Waals surface area contributed by atoms with E-state index in [4.69, 9.17) is 9.40 Å². The predicted molar refractivity (Wildman–Crippen MR) is 235 cm³/mol. The average Bonchev–Trinajstić information content (AvgIpc) is 3.82. The Bertz CT molecular complexity index is 3520. The third-order valence-electron chi connectivity index (χ3n) is 11.5. The molecule has 0 amide bonds. The first-order valence-electron chi connectivity index (χ1n) is 19.1. The van der Waals surface area contributed by atoms with E-state index in [-0.39, 0.29) is 0 Å². The lowest BCUT2D eigenvalue weighted by molar-refractivity contribution is 0.670. The van der Waals surface area contributed by atoms with Gasteiger partial charge < -0.3 is 8.98 Å². The van der Waals surface area contributed by atoms with Crippen LogP contribution in [-0.4, -0.2) is 9.55 Å². The van der Waals surface area contributed by atoms with E-state index < -0.39 is 0 Å². The van der Waals surface area contributed by atoms with E-state index in [1.54, 1.807) is 0 Å². The molecule has 0 aliphatic rings. The van der Waals surface area contributed by atoms with Gasteiger partial charge in [-0.05, 0) is 82.1 Å².